The van der Waals surface area contributed by atoms with Gasteiger partial charge in [0, 0.05) is 35.3 Å². The molecule has 11 heteroatoms. The summed E-state index contributed by atoms with van der Waals surface area (Å²) in [7, 11) is -2.89. The second-order valence-corrected chi connectivity index (χ2v) is 10.6. The Morgan fingerprint density at radius 3 is 2.86 bits per heavy atom. The number of hydrogen-bond acceptors (Lipinski definition) is 7. The number of rotatable bonds is 4. The molecule has 2 fully saturated rings. The average Bonchev–Trinajstić information content (AvgIpc) is 3.34. The van der Waals surface area contributed by atoms with Crippen molar-refractivity contribution in [3.8, 4) is 11.3 Å². The van der Waals surface area contributed by atoms with Crippen molar-refractivity contribution in [1.29, 1.82) is 0 Å². The minimum atomic E-state index is -2.89. The molecule has 29 heavy (non-hydrogen) atoms. The summed E-state index contributed by atoms with van der Waals surface area (Å²) < 4.78 is 27.7. The lowest BCUT2D eigenvalue weighted by atomic mass is 10.1. The molecule has 1 amide bonds. The van der Waals surface area contributed by atoms with Crippen molar-refractivity contribution in [1.82, 2.24) is 4.90 Å². The maximum absolute atomic E-state index is 12.8. The third-order valence-corrected chi connectivity index (χ3v) is 7.77. The maximum atomic E-state index is 12.8. The lowest BCUT2D eigenvalue weighted by Crippen LogP contribution is -2.39. The Balaban J connectivity index is 1.55. The zero-order valence-corrected chi connectivity index (χ0v) is 17.3. The van der Waals surface area contributed by atoms with Crippen molar-refractivity contribution >= 4 is 56.6 Å². The van der Waals surface area contributed by atoms with Gasteiger partial charge in [-0.05, 0) is 18.6 Å². The Hall–Kier alpha value is -2.18. The fraction of sp³-hybridized carbons (Fsp3) is 0.222. The third-order valence-electron chi connectivity index (χ3n) is 4.66. The Kier molecular flexibility index (Phi) is 5.25. The Labute approximate surface area is 177 Å². The van der Waals surface area contributed by atoms with E-state index in [1.807, 2.05) is 0 Å². The fourth-order valence-corrected chi connectivity index (χ4v) is 6.38. The lowest BCUT2D eigenvalue weighted by Gasteiger charge is -2.41. The fourth-order valence-electron chi connectivity index (χ4n) is 3.28. The van der Waals surface area contributed by atoms with Crippen molar-refractivity contribution in [3.05, 3.63) is 52.0 Å². The second-order valence-electron chi connectivity index (χ2n) is 6.66. The summed E-state index contributed by atoms with van der Waals surface area (Å²) in [4.78, 5) is 25.4. The number of hydrogen-bond donors (Lipinski definition) is 2. The third kappa shape index (κ3) is 4.09. The van der Waals surface area contributed by atoms with E-state index in [1.54, 1.807) is 30.3 Å². The van der Waals surface area contributed by atoms with Gasteiger partial charge in [0.05, 0.1) is 15.9 Å². The number of furan rings is 1. The van der Waals surface area contributed by atoms with Crippen molar-refractivity contribution < 1.29 is 28.4 Å². The first kappa shape index (κ1) is 20.1. The number of carbonyl (C=O) groups excluding carboxylic acids is 1. The van der Waals surface area contributed by atoms with Gasteiger partial charge in [-0.3, -0.25) is 9.69 Å². The molecule has 152 valence electrons. The highest BCUT2D eigenvalue weighted by Gasteiger charge is 2.40. The van der Waals surface area contributed by atoms with Crippen LogP contribution in [0.1, 0.15) is 12.2 Å². The molecule has 2 atom stereocenters. The van der Waals surface area contributed by atoms with Crippen molar-refractivity contribution in [2.75, 3.05) is 11.5 Å². The molecule has 2 aliphatic rings. The van der Waals surface area contributed by atoms with Crippen LogP contribution in [0.5, 0.6) is 0 Å². The number of benzene rings is 1. The molecule has 2 N–H and O–H groups in total. The monoisotopic (exact) mass is 452 g/mol. The van der Waals surface area contributed by atoms with E-state index < -0.39 is 10.6 Å². The Morgan fingerprint density at radius 1 is 1.38 bits per heavy atom. The maximum Gasteiger partial charge on any atom is 0.317 e. The van der Waals surface area contributed by atoms with E-state index in [0.717, 1.165) is 11.8 Å². The molecule has 2 unspecified atom stereocenters. The van der Waals surface area contributed by atoms with E-state index in [9.17, 15) is 18.8 Å². The van der Waals surface area contributed by atoms with Crippen LogP contribution in [-0.2, 0) is 4.79 Å². The van der Waals surface area contributed by atoms with Gasteiger partial charge in [0.15, 0.2) is 0 Å². The van der Waals surface area contributed by atoms with Gasteiger partial charge in [0.25, 0.3) is 10.8 Å². The summed E-state index contributed by atoms with van der Waals surface area (Å²) in [6.07, 6.45) is 2.02. The molecule has 2 aliphatic heterocycles. The summed E-state index contributed by atoms with van der Waals surface area (Å²) in [5.74, 6) is 0.792. The highest BCUT2D eigenvalue weighted by atomic mass is 32.3. The van der Waals surface area contributed by atoms with Crippen LogP contribution in [-0.4, -0.2) is 51.9 Å². The van der Waals surface area contributed by atoms with Gasteiger partial charge in [-0.15, -0.1) is 0 Å². The second kappa shape index (κ2) is 7.58. The van der Waals surface area contributed by atoms with Crippen LogP contribution < -0.4 is 0 Å². The van der Waals surface area contributed by atoms with Crippen LogP contribution in [0.3, 0.4) is 0 Å². The molecule has 0 radical (unpaired) electrons. The molecular formula is C18H16N2O6S3. The summed E-state index contributed by atoms with van der Waals surface area (Å²) >= 11 is 6.44. The summed E-state index contributed by atoms with van der Waals surface area (Å²) in [5.41, 5.74) is 0.659. The molecule has 0 saturated carbocycles. The highest BCUT2D eigenvalue weighted by molar-refractivity contribution is 8.27. The zero-order chi connectivity index (χ0) is 20.8. The van der Waals surface area contributed by atoms with E-state index in [-0.39, 0.29) is 34.1 Å². The molecule has 0 aliphatic carbocycles. The highest BCUT2D eigenvalue weighted by Crippen LogP contribution is 2.49. The largest absolute Gasteiger partial charge is 0.768 e. The van der Waals surface area contributed by atoms with E-state index in [4.69, 9.17) is 21.8 Å². The standard InChI is InChI=1S/C18H16N2O6S3/c21-17-16(28-18(27)19(17)13-6-7-29(24,25)10-13)9-14-4-5-15(26-14)11-2-1-3-12(8-11)20(22)23/h1-5,8-9,13H,6-7,10H2,(H2-,22,23,24,25). The van der Waals surface area contributed by atoms with Gasteiger partial charge in [-0.25, -0.2) is 5.21 Å². The van der Waals surface area contributed by atoms with Gasteiger partial charge in [0.2, 0.25) is 0 Å². The SMILES string of the molecule is O=C1C(=Cc2ccc(-c3cccc([N+](=O)O)c3)o2)SC(=S)N1C1CCS([O-])(O)C1. The van der Waals surface area contributed by atoms with Crippen LogP contribution >= 0.6 is 34.6 Å². The van der Waals surface area contributed by atoms with E-state index in [0.29, 0.717) is 32.7 Å². The average molecular weight is 453 g/mol. The van der Waals surface area contributed by atoms with Gasteiger partial charge in [0.1, 0.15) is 15.8 Å². The summed E-state index contributed by atoms with van der Waals surface area (Å²) in [6.45, 7) is 0. The van der Waals surface area contributed by atoms with Gasteiger partial charge < -0.3 is 24.1 Å². The number of carbonyl (C=O) groups is 1. The predicted octanol–water partition coefficient (Wildman–Crippen LogP) is 4.13. The first-order chi connectivity index (χ1) is 13.7. The molecule has 8 nitrogen and oxygen atoms in total. The summed E-state index contributed by atoms with van der Waals surface area (Å²) in [6, 6.07) is 9.27. The number of thiocarbonyl (C=S) groups is 1. The number of nitrogens with zero attached hydrogens (tertiary/aromatic N) is 2. The lowest BCUT2D eigenvalue weighted by molar-refractivity contribution is -0.729. The molecular weight excluding hydrogens is 436 g/mol. The van der Waals surface area contributed by atoms with Crippen molar-refractivity contribution in [2.24, 2.45) is 0 Å². The molecule has 0 bridgehead atoms. The van der Waals surface area contributed by atoms with Crippen LogP contribution in [0.25, 0.3) is 17.4 Å². The van der Waals surface area contributed by atoms with Crippen LogP contribution in [0.4, 0.5) is 5.69 Å². The minimum absolute atomic E-state index is 0.0373. The van der Waals surface area contributed by atoms with E-state index >= 15 is 0 Å². The Morgan fingerprint density at radius 2 is 2.17 bits per heavy atom. The van der Waals surface area contributed by atoms with Gasteiger partial charge >= 0.3 is 5.69 Å². The predicted molar refractivity (Wildman–Crippen MR) is 113 cm³/mol. The van der Waals surface area contributed by atoms with Gasteiger partial charge in [-0.2, -0.15) is 0 Å². The molecule has 0 spiro atoms. The molecule has 3 heterocycles. The van der Waals surface area contributed by atoms with E-state index in [2.05, 4.69) is 0 Å². The molecule has 4 rings (SSSR count). The molecule has 1 aromatic heterocycles. The normalized spacial score (nSPS) is 28.1. The molecule has 2 saturated heterocycles. The number of amides is 1. The summed E-state index contributed by atoms with van der Waals surface area (Å²) in [5, 5.41) is 9.04. The first-order valence-corrected chi connectivity index (χ1v) is 11.7. The van der Waals surface area contributed by atoms with Crippen LogP contribution in [0.15, 0.2) is 45.7 Å². The minimum Gasteiger partial charge on any atom is -0.768 e. The smallest absolute Gasteiger partial charge is 0.317 e. The first-order valence-electron chi connectivity index (χ1n) is 8.59. The van der Waals surface area contributed by atoms with Crippen LogP contribution in [0.2, 0.25) is 0 Å². The quantitative estimate of drug-likeness (QED) is 0.404. The molecule has 1 aromatic carbocycles. The van der Waals surface area contributed by atoms with Crippen molar-refractivity contribution in [2.45, 2.75) is 12.5 Å². The zero-order valence-electron chi connectivity index (χ0n) is 14.9. The molecule has 2 aromatic rings. The van der Waals surface area contributed by atoms with Crippen molar-refractivity contribution in [3.63, 3.8) is 0 Å². The van der Waals surface area contributed by atoms with E-state index in [1.165, 1.54) is 17.0 Å². The van der Waals surface area contributed by atoms with Gasteiger partial charge in [-0.1, -0.05) is 36.1 Å². The van der Waals surface area contributed by atoms with Crippen LogP contribution in [0, 0.1) is 4.91 Å². The number of thioether (sulfide) groups is 1. The Bertz CT molecular complexity index is 1050. The topological polar surface area (TPSA) is 117 Å².